The number of rotatable bonds is 3. The minimum Gasteiger partial charge on any atom is -0.300 e. The molecule has 0 radical (unpaired) electrons. The zero-order valence-corrected chi connectivity index (χ0v) is 9.19. The summed E-state index contributed by atoms with van der Waals surface area (Å²) < 4.78 is 0. The lowest BCUT2D eigenvalue weighted by atomic mass is 10.1. The normalized spacial score (nSPS) is 8.40. The van der Waals surface area contributed by atoms with Gasteiger partial charge in [0.15, 0.2) is 5.78 Å². The highest BCUT2D eigenvalue weighted by Crippen LogP contribution is 2.02. The van der Waals surface area contributed by atoms with E-state index < -0.39 is 0 Å². The maximum Gasteiger partial charge on any atom is 0.170 e. The second-order valence-corrected chi connectivity index (χ2v) is 3.08. The van der Waals surface area contributed by atoms with Crippen molar-refractivity contribution in [2.75, 3.05) is 0 Å². The van der Waals surface area contributed by atoms with Crippen molar-refractivity contribution in [2.24, 2.45) is 0 Å². The molecule has 0 spiro atoms. The van der Waals surface area contributed by atoms with Crippen LogP contribution in [0.2, 0.25) is 0 Å². The average Bonchev–Trinajstić information content (AvgIpc) is 2.19. The molecule has 1 aromatic rings. The Morgan fingerprint density at radius 2 is 1.73 bits per heavy atom. The van der Waals surface area contributed by atoms with E-state index in [4.69, 9.17) is 0 Å². The molecule has 0 amide bonds. The fourth-order valence-electron chi connectivity index (χ4n) is 0.952. The van der Waals surface area contributed by atoms with Gasteiger partial charge in [-0.25, -0.2) is 0 Å². The maximum absolute atomic E-state index is 11.2. The molecular formula is C13H16O2. The average molecular weight is 204 g/mol. The van der Waals surface area contributed by atoms with Crippen molar-refractivity contribution in [1.29, 1.82) is 0 Å². The third kappa shape index (κ3) is 6.38. The van der Waals surface area contributed by atoms with E-state index in [1.165, 1.54) is 6.92 Å². The lowest BCUT2D eigenvalue weighted by Crippen LogP contribution is -2.04. The van der Waals surface area contributed by atoms with Crippen molar-refractivity contribution in [1.82, 2.24) is 0 Å². The van der Waals surface area contributed by atoms with Crippen LogP contribution in [0.5, 0.6) is 0 Å². The minimum absolute atomic E-state index is 0.00398. The number of allylic oxidation sites excluding steroid dienone is 1. The molecule has 15 heavy (non-hydrogen) atoms. The monoisotopic (exact) mass is 204 g/mol. The Balaban J connectivity index is 0.000000583. The van der Waals surface area contributed by atoms with Gasteiger partial charge in [-0.2, -0.15) is 0 Å². The molecule has 0 saturated heterocycles. The van der Waals surface area contributed by atoms with Gasteiger partial charge in [-0.05, 0) is 13.8 Å². The van der Waals surface area contributed by atoms with Gasteiger partial charge in [0.05, 0.1) is 6.42 Å². The Labute approximate surface area is 90.6 Å². The number of benzene rings is 1. The van der Waals surface area contributed by atoms with Gasteiger partial charge >= 0.3 is 0 Å². The summed E-state index contributed by atoms with van der Waals surface area (Å²) >= 11 is 0. The van der Waals surface area contributed by atoms with Crippen molar-refractivity contribution in [3.05, 3.63) is 48.6 Å². The van der Waals surface area contributed by atoms with Gasteiger partial charge in [0, 0.05) is 5.56 Å². The fourth-order valence-corrected chi connectivity index (χ4v) is 0.952. The summed E-state index contributed by atoms with van der Waals surface area (Å²) in [5.41, 5.74) is 0.604. The van der Waals surface area contributed by atoms with E-state index in [-0.39, 0.29) is 18.0 Å². The summed E-state index contributed by atoms with van der Waals surface area (Å²) in [4.78, 5) is 21.8. The summed E-state index contributed by atoms with van der Waals surface area (Å²) in [6.45, 7) is 6.67. The Morgan fingerprint density at radius 1 is 1.27 bits per heavy atom. The molecule has 1 aromatic carbocycles. The topological polar surface area (TPSA) is 34.1 Å². The lowest BCUT2D eigenvalue weighted by molar-refractivity contribution is -0.116. The lowest BCUT2D eigenvalue weighted by Gasteiger charge is -1.95. The quantitative estimate of drug-likeness (QED) is 0.431. The first-order valence-electron chi connectivity index (χ1n) is 4.76. The number of hydrogen-bond acceptors (Lipinski definition) is 2. The highest BCUT2D eigenvalue weighted by Gasteiger charge is 2.06. The Hall–Kier alpha value is -1.70. The number of ketones is 2. The van der Waals surface area contributed by atoms with Crippen LogP contribution in [0.4, 0.5) is 0 Å². The third-order valence-electron chi connectivity index (χ3n) is 1.51. The molecule has 0 bridgehead atoms. The number of hydrogen-bond donors (Lipinski definition) is 0. The molecule has 2 heteroatoms. The first-order chi connectivity index (χ1) is 7.11. The molecule has 0 aromatic heterocycles. The highest BCUT2D eigenvalue weighted by molar-refractivity contribution is 6.07. The van der Waals surface area contributed by atoms with Gasteiger partial charge in [-0.15, -0.1) is 6.58 Å². The van der Waals surface area contributed by atoms with Crippen LogP contribution in [-0.4, -0.2) is 11.6 Å². The van der Waals surface area contributed by atoms with Crippen LogP contribution in [0.15, 0.2) is 43.0 Å². The molecule has 0 aliphatic heterocycles. The van der Waals surface area contributed by atoms with E-state index in [0.717, 1.165) is 0 Å². The Morgan fingerprint density at radius 3 is 2.13 bits per heavy atom. The molecule has 1 rings (SSSR count). The molecule has 0 unspecified atom stereocenters. The minimum atomic E-state index is -0.108. The van der Waals surface area contributed by atoms with E-state index in [0.29, 0.717) is 5.56 Å². The van der Waals surface area contributed by atoms with Crippen LogP contribution in [0, 0.1) is 0 Å². The summed E-state index contributed by atoms with van der Waals surface area (Å²) in [7, 11) is 0. The van der Waals surface area contributed by atoms with E-state index in [1.807, 2.05) is 13.0 Å². The van der Waals surface area contributed by atoms with Crippen LogP contribution >= 0.6 is 0 Å². The van der Waals surface area contributed by atoms with Gasteiger partial charge in [-0.3, -0.25) is 9.59 Å². The summed E-state index contributed by atoms with van der Waals surface area (Å²) in [5.74, 6) is -0.202. The second kappa shape index (κ2) is 7.68. The van der Waals surface area contributed by atoms with Gasteiger partial charge < -0.3 is 0 Å². The second-order valence-electron chi connectivity index (χ2n) is 3.08. The van der Waals surface area contributed by atoms with Crippen LogP contribution < -0.4 is 0 Å². The molecule has 0 aliphatic rings. The largest absolute Gasteiger partial charge is 0.300 e. The van der Waals surface area contributed by atoms with Crippen LogP contribution in [0.1, 0.15) is 30.6 Å². The third-order valence-corrected chi connectivity index (χ3v) is 1.51. The van der Waals surface area contributed by atoms with Gasteiger partial charge in [0.1, 0.15) is 5.78 Å². The molecule has 0 heterocycles. The summed E-state index contributed by atoms with van der Waals surface area (Å²) in [6.07, 6.45) is 1.75. The van der Waals surface area contributed by atoms with Crippen LogP contribution in [0.3, 0.4) is 0 Å². The van der Waals surface area contributed by atoms with Gasteiger partial charge in [-0.1, -0.05) is 36.4 Å². The highest BCUT2D eigenvalue weighted by atomic mass is 16.1. The Bertz CT molecular complexity index is 326. The van der Waals surface area contributed by atoms with Crippen molar-refractivity contribution in [3.8, 4) is 0 Å². The fraction of sp³-hybridized carbons (Fsp3) is 0.231. The predicted molar refractivity (Wildman–Crippen MR) is 61.9 cm³/mol. The van der Waals surface area contributed by atoms with E-state index in [2.05, 4.69) is 6.58 Å². The summed E-state index contributed by atoms with van der Waals surface area (Å²) in [5, 5.41) is 0. The van der Waals surface area contributed by atoms with E-state index >= 15 is 0 Å². The zero-order chi connectivity index (χ0) is 11.7. The van der Waals surface area contributed by atoms with E-state index in [1.54, 1.807) is 30.3 Å². The van der Waals surface area contributed by atoms with Crippen molar-refractivity contribution in [3.63, 3.8) is 0 Å². The van der Waals surface area contributed by atoms with Crippen LogP contribution in [0.25, 0.3) is 0 Å². The van der Waals surface area contributed by atoms with Crippen LogP contribution in [-0.2, 0) is 4.79 Å². The van der Waals surface area contributed by atoms with Crippen molar-refractivity contribution in [2.45, 2.75) is 20.3 Å². The molecule has 2 nitrogen and oxygen atoms in total. The first-order valence-corrected chi connectivity index (χ1v) is 4.76. The maximum atomic E-state index is 11.2. The molecule has 0 N–H and O–H groups in total. The molecule has 0 atom stereocenters. The standard InChI is InChI=1S/C10H10O2.C3H6/c1-8(11)7-10(12)9-5-3-2-4-6-9;1-3-2/h2-6H,7H2,1H3;3H,1H2,2H3. The number of Topliss-reactive ketones (excluding diaryl/α,β-unsaturated/α-hetero) is 2. The van der Waals surface area contributed by atoms with E-state index in [9.17, 15) is 9.59 Å². The molecule has 80 valence electrons. The smallest absolute Gasteiger partial charge is 0.170 e. The molecule has 0 fully saturated rings. The van der Waals surface area contributed by atoms with Crippen molar-refractivity contribution < 1.29 is 9.59 Å². The predicted octanol–water partition coefficient (Wildman–Crippen LogP) is 3.04. The zero-order valence-electron chi connectivity index (χ0n) is 9.19. The molecule has 0 aliphatic carbocycles. The summed E-state index contributed by atoms with van der Waals surface area (Å²) in [6, 6.07) is 8.84. The molecular weight excluding hydrogens is 188 g/mol. The van der Waals surface area contributed by atoms with Crippen molar-refractivity contribution >= 4 is 11.6 Å². The van der Waals surface area contributed by atoms with Gasteiger partial charge in [0.2, 0.25) is 0 Å². The number of carbonyl (C=O) groups is 2. The SMILES string of the molecule is C=CC.CC(=O)CC(=O)c1ccccc1. The Kier molecular flexibility index (Phi) is 6.81. The molecule has 0 saturated carbocycles. The number of carbonyl (C=O) groups excluding carboxylic acids is 2. The van der Waals surface area contributed by atoms with Gasteiger partial charge in [0.25, 0.3) is 0 Å². The first kappa shape index (κ1) is 13.3.